The summed E-state index contributed by atoms with van der Waals surface area (Å²) < 4.78 is 1.83. The SMILES string of the molecule is O=C(c1ccc(Cc2nc3c(N4CCC(O)(c5ccc(Cl)cc5)CC4)cccn3n2)cc1)N(Cc1ccccn1)C1CC1. The summed E-state index contributed by atoms with van der Waals surface area (Å²) in [7, 11) is 0. The standard InChI is InChI=1S/C34H33ClN6O2/c35-27-12-10-26(11-13-27)34(43)16-20-39(21-17-34)30-5-3-19-41-32(30)37-31(38-41)22-24-6-8-25(9-7-24)33(42)40(29-14-15-29)23-28-4-1-2-18-36-28/h1-13,18-19,29,43H,14-17,20-23H2. The summed E-state index contributed by atoms with van der Waals surface area (Å²) in [5, 5.41) is 16.7. The Balaban J connectivity index is 1.04. The number of pyridine rings is 2. The average Bonchev–Trinajstić information content (AvgIpc) is 3.79. The van der Waals surface area contributed by atoms with Gasteiger partial charge in [-0.25, -0.2) is 9.50 Å². The summed E-state index contributed by atoms with van der Waals surface area (Å²) in [5.74, 6) is 0.760. The van der Waals surface area contributed by atoms with Crippen LogP contribution in [-0.4, -0.2) is 54.6 Å². The Hall–Kier alpha value is -4.27. The van der Waals surface area contributed by atoms with Crippen molar-refractivity contribution in [2.24, 2.45) is 0 Å². The molecule has 5 aromatic rings. The first kappa shape index (κ1) is 27.6. The summed E-state index contributed by atoms with van der Waals surface area (Å²) in [5.41, 5.74) is 4.47. The Labute approximate surface area is 255 Å². The average molecular weight is 593 g/mol. The largest absolute Gasteiger partial charge is 0.385 e. The third-order valence-electron chi connectivity index (χ3n) is 8.57. The summed E-state index contributed by atoms with van der Waals surface area (Å²) in [6.07, 6.45) is 7.55. The number of nitrogens with zero attached hydrogens (tertiary/aromatic N) is 6. The molecule has 0 radical (unpaired) electrons. The van der Waals surface area contributed by atoms with Gasteiger partial charge in [0.05, 0.1) is 23.5 Å². The number of halogens is 1. The van der Waals surface area contributed by atoms with Gasteiger partial charge in [0.25, 0.3) is 5.91 Å². The van der Waals surface area contributed by atoms with E-state index < -0.39 is 5.60 Å². The molecule has 1 saturated heterocycles. The molecule has 0 bridgehead atoms. The quantitative estimate of drug-likeness (QED) is 0.250. The lowest BCUT2D eigenvalue weighted by atomic mass is 9.84. The van der Waals surface area contributed by atoms with Gasteiger partial charge in [-0.3, -0.25) is 9.78 Å². The second-order valence-corrected chi connectivity index (χ2v) is 12.0. The highest BCUT2D eigenvalue weighted by molar-refractivity contribution is 6.30. The third-order valence-corrected chi connectivity index (χ3v) is 8.82. The number of amides is 1. The molecular weight excluding hydrogens is 560 g/mol. The van der Waals surface area contributed by atoms with Gasteiger partial charge in [-0.05, 0) is 85.3 Å². The first-order valence-corrected chi connectivity index (χ1v) is 15.2. The Morgan fingerprint density at radius 2 is 1.74 bits per heavy atom. The minimum atomic E-state index is -0.868. The van der Waals surface area contributed by atoms with Crippen LogP contribution < -0.4 is 4.90 Å². The molecule has 1 N–H and O–H groups in total. The van der Waals surface area contributed by atoms with Crippen molar-refractivity contribution in [2.75, 3.05) is 18.0 Å². The second-order valence-electron chi connectivity index (χ2n) is 11.6. The van der Waals surface area contributed by atoms with Crippen LogP contribution in [0.25, 0.3) is 5.65 Å². The minimum absolute atomic E-state index is 0.0414. The first-order chi connectivity index (χ1) is 20.9. The number of benzene rings is 2. The molecule has 9 heteroatoms. The van der Waals surface area contributed by atoms with Crippen molar-refractivity contribution >= 4 is 28.8 Å². The fourth-order valence-electron chi connectivity index (χ4n) is 5.96. The van der Waals surface area contributed by atoms with Crippen molar-refractivity contribution in [3.8, 4) is 0 Å². The Morgan fingerprint density at radius 1 is 0.977 bits per heavy atom. The van der Waals surface area contributed by atoms with E-state index in [0.717, 1.165) is 46.8 Å². The molecule has 218 valence electrons. The monoisotopic (exact) mass is 592 g/mol. The van der Waals surface area contributed by atoms with Gasteiger partial charge in [0, 0.05) is 48.5 Å². The summed E-state index contributed by atoms with van der Waals surface area (Å²) in [4.78, 5) is 26.9. The maximum absolute atomic E-state index is 13.4. The van der Waals surface area contributed by atoms with Gasteiger partial charge in [-0.1, -0.05) is 41.9 Å². The second kappa shape index (κ2) is 11.4. The number of hydrogen-bond donors (Lipinski definition) is 1. The zero-order chi connectivity index (χ0) is 29.4. The zero-order valence-corrected chi connectivity index (χ0v) is 24.6. The molecule has 3 aromatic heterocycles. The molecule has 43 heavy (non-hydrogen) atoms. The molecule has 1 aliphatic carbocycles. The van der Waals surface area contributed by atoms with Crippen LogP contribution in [0, 0.1) is 0 Å². The normalized spacial score (nSPS) is 16.4. The number of rotatable bonds is 8. The number of piperidine rings is 1. The van der Waals surface area contributed by atoms with Gasteiger partial charge in [-0.2, -0.15) is 5.10 Å². The fourth-order valence-corrected chi connectivity index (χ4v) is 6.08. The van der Waals surface area contributed by atoms with Gasteiger partial charge in [-0.15, -0.1) is 0 Å². The van der Waals surface area contributed by atoms with Crippen LogP contribution in [0.3, 0.4) is 0 Å². The van der Waals surface area contributed by atoms with Gasteiger partial charge in [0.15, 0.2) is 11.5 Å². The number of hydrogen-bond acceptors (Lipinski definition) is 6. The van der Waals surface area contributed by atoms with Crippen molar-refractivity contribution in [1.29, 1.82) is 0 Å². The van der Waals surface area contributed by atoms with Crippen LogP contribution in [0.1, 0.15) is 58.7 Å². The molecule has 2 fully saturated rings. The molecule has 7 rings (SSSR count). The van der Waals surface area contributed by atoms with Crippen LogP contribution in [0.15, 0.2) is 91.3 Å². The fraction of sp³-hybridized carbons (Fsp3) is 0.294. The predicted molar refractivity (Wildman–Crippen MR) is 166 cm³/mol. The van der Waals surface area contributed by atoms with Crippen molar-refractivity contribution in [1.82, 2.24) is 24.5 Å². The lowest BCUT2D eigenvalue weighted by Crippen LogP contribution is -2.42. The molecule has 0 atom stereocenters. The number of aliphatic hydroxyl groups is 1. The Kier molecular flexibility index (Phi) is 7.33. The molecule has 2 aliphatic rings. The van der Waals surface area contributed by atoms with Crippen LogP contribution in [-0.2, 0) is 18.6 Å². The van der Waals surface area contributed by atoms with E-state index in [1.165, 1.54) is 0 Å². The molecule has 4 heterocycles. The third kappa shape index (κ3) is 5.85. The summed E-state index contributed by atoms with van der Waals surface area (Å²) in [6, 6.07) is 25.4. The maximum atomic E-state index is 13.4. The van der Waals surface area contributed by atoms with Crippen molar-refractivity contribution < 1.29 is 9.90 Å². The maximum Gasteiger partial charge on any atom is 0.254 e. The topological polar surface area (TPSA) is 86.9 Å². The van der Waals surface area contributed by atoms with Crippen LogP contribution in [0.5, 0.6) is 0 Å². The molecule has 2 aromatic carbocycles. The Morgan fingerprint density at radius 3 is 2.44 bits per heavy atom. The Bertz CT molecular complexity index is 1730. The summed E-state index contributed by atoms with van der Waals surface area (Å²) in [6.45, 7) is 1.93. The molecular formula is C34H33ClN6O2. The van der Waals surface area contributed by atoms with Gasteiger partial charge in [0.2, 0.25) is 0 Å². The zero-order valence-electron chi connectivity index (χ0n) is 23.8. The van der Waals surface area contributed by atoms with Gasteiger partial charge < -0.3 is 14.9 Å². The van der Waals surface area contributed by atoms with Crippen molar-refractivity contribution in [2.45, 2.75) is 50.3 Å². The molecule has 1 saturated carbocycles. The van der Waals surface area contributed by atoms with Gasteiger partial charge in [0.1, 0.15) is 0 Å². The van der Waals surface area contributed by atoms with Crippen LogP contribution >= 0.6 is 11.6 Å². The van der Waals surface area contributed by atoms with E-state index in [1.807, 2.05) is 88.4 Å². The number of carbonyl (C=O) groups is 1. The highest BCUT2D eigenvalue weighted by atomic mass is 35.5. The molecule has 8 nitrogen and oxygen atoms in total. The summed E-state index contributed by atoms with van der Waals surface area (Å²) >= 11 is 6.05. The highest BCUT2D eigenvalue weighted by Crippen LogP contribution is 2.36. The van der Waals surface area contributed by atoms with E-state index in [-0.39, 0.29) is 11.9 Å². The highest BCUT2D eigenvalue weighted by Gasteiger charge is 2.35. The van der Waals surface area contributed by atoms with Gasteiger partial charge >= 0.3 is 0 Å². The predicted octanol–water partition coefficient (Wildman–Crippen LogP) is 5.66. The molecule has 1 amide bonds. The van der Waals surface area contributed by atoms with E-state index in [1.54, 1.807) is 6.20 Å². The van der Waals surface area contributed by atoms with E-state index in [4.69, 9.17) is 21.7 Å². The smallest absolute Gasteiger partial charge is 0.254 e. The van der Waals surface area contributed by atoms with Crippen molar-refractivity contribution in [3.05, 3.63) is 124 Å². The minimum Gasteiger partial charge on any atom is -0.385 e. The lowest BCUT2D eigenvalue weighted by molar-refractivity contribution is 0.0118. The number of aromatic nitrogens is 4. The molecule has 0 spiro atoms. The first-order valence-electron chi connectivity index (χ1n) is 14.8. The lowest BCUT2D eigenvalue weighted by Gasteiger charge is -2.39. The van der Waals surface area contributed by atoms with E-state index in [2.05, 4.69) is 16.0 Å². The van der Waals surface area contributed by atoms with Crippen LogP contribution in [0.4, 0.5) is 5.69 Å². The number of carbonyl (C=O) groups excluding carboxylic acids is 1. The van der Waals surface area contributed by atoms with E-state index >= 15 is 0 Å². The van der Waals surface area contributed by atoms with E-state index in [0.29, 0.717) is 49.5 Å². The van der Waals surface area contributed by atoms with Crippen molar-refractivity contribution in [3.63, 3.8) is 0 Å². The molecule has 1 aliphatic heterocycles. The van der Waals surface area contributed by atoms with E-state index in [9.17, 15) is 9.90 Å². The number of fused-ring (bicyclic) bond motifs is 1. The molecule has 0 unspecified atom stereocenters. The van der Waals surface area contributed by atoms with Crippen LogP contribution in [0.2, 0.25) is 5.02 Å². The number of anilines is 1.